The Morgan fingerprint density at radius 2 is 1.54 bits per heavy atom. The van der Waals surface area contributed by atoms with Crippen LogP contribution in [-0.2, 0) is 27.4 Å². The molecule has 3 rings (SSSR count). The zero-order chi connectivity index (χ0) is 24.9. The molecule has 2 aromatic carbocycles. The molecule has 1 heterocycles. The van der Waals surface area contributed by atoms with Crippen LogP contribution in [0.25, 0.3) is 0 Å². The number of hydrogen-bond donors (Lipinski definition) is 3. The van der Waals surface area contributed by atoms with Crippen molar-refractivity contribution < 1.29 is 24.2 Å². The highest BCUT2D eigenvalue weighted by Gasteiger charge is 2.27. The van der Waals surface area contributed by atoms with Crippen molar-refractivity contribution in [1.82, 2.24) is 15.6 Å². The van der Waals surface area contributed by atoms with E-state index in [2.05, 4.69) is 15.6 Å². The van der Waals surface area contributed by atoms with Crippen molar-refractivity contribution in [2.75, 3.05) is 13.2 Å². The smallest absolute Gasteiger partial charge is 0.407 e. The first-order valence-electron chi connectivity index (χ1n) is 11.4. The molecular formula is C27H29N3O5. The zero-order valence-corrected chi connectivity index (χ0v) is 19.3. The van der Waals surface area contributed by atoms with E-state index >= 15 is 0 Å². The number of Topliss-reactive ketones (excluding diaryl/α,β-unsaturated/α-hetero) is 1. The van der Waals surface area contributed by atoms with Crippen LogP contribution in [0.4, 0.5) is 4.79 Å². The van der Waals surface area contributed by atoms with E-state index in [1.165, 1.54) is 0 Å². The molecular weight excluding hydrogens is 446 g/mol. The lowest BCUT2D eigenvalue weighted by Gasteiger charge is -2.22. The summed E-state index contributed by atoms with van der Waals surface area (Å²) in [5, 5.41) is 14.8. The average molecular weight is 476 g/mol. The molecule has 0 saturated heterocycles. The van der Waals surface area contributed by atoms with Crippen molar-refractivity contribution in [2.45, 2.75) is 31.4 Å². The lowest BCUT2D eigenvalue weighted by Crippen LogP contribution is -2.46. The molecule has 0 spiro atoms. The topological polar surface area (TPSA) is 118 Å². The molecule has 0 aliphatic rings. The number of benzene rings is 2. The molecule has 0 fully saturated rings. The molecule has 182 valence electrons. The fraction of sp³-hybridized carbons (Fsp3) is 0.259. The normalized spacial score (nSPS) is 12.3. The maximum absolute atomic E-state index is 13.2. The predicted octanol–water partition coefficient (Wildman–Crippen LogP) is 2.77. The number of aryl methyl sites for hydroxylation is 1. The van der Waals surface area contributed by atoms with Gasteiger partial charge in [-0.2, -0.15) is 0 Å². The standard InChI is InChI=1S/C27H29N3O5/c31-18-25(32)24(12-11-20-7-3-1-4-8-20)30-26(33)23(22-9-5-2-6-10-22)17-29-27(34)35-19-21-13-15-28-16-14-21/h1-10,13-16,23-24,31H,11-12,17-19H2,(H,29,34)(H,30,33). The molecule has 0 bridgehead atoms. The van der Waals surface area contributed by atoms with Crippen molar-refractivity contribution in [3.8, 4) is 0 Å². The van der Waals surface area contributed by atoms with Gasteiger partial charge in [0.1, 0.15) is 13.2 Å². The molecule has 1 aromatic heterocycles. The molecule has 35 heavy (non-hydrogen) atoms. The minimum absolute atomic E-state index is 0.0241. The number of aliphatic hydroxyl groups is 1. The summed E-state index contributed by atoms with van der Waals surface area (Å²) in [5.41, 5.74) is 2.49. The van der Waals surface area contributed by atoms with Crippen LogP contribution < -0.4 is 10.6 Å². The first-order valence-corrected chi connectivity index (χ1v) is 11.4. The van der Waals surface area contributed by atoms with E-state index in [1.807, 2.05) is 36.4 Å². The fourth-order valence-corrected chi connectivity index (χ4v) is 3.56. The summed E-state index contributed by atoms with van der Waals surface area (Å²) in [6.45, 7) is -0.623. The third-order valence-electron chi connectivity index (χ3n) is 5.51. The van der Waals surface area contributed by atoms with Gasteiger partial charge in [-0.05, 0) is 41.7 Å². The monoisotopic (exact) mass is 475 g/mol. The summed E-state index contributed by atoms with van der Waals surface area (Å²) in [7, 11) is 0. The third-order valence-corrected chi connectivity index (χ3v) is 5.51. The van der Waals surface area contributed by atoms with Gasteiger partial charge in [-0.1, -0.05) is 60.7 Å². The van der Waals surface area contributed by atoms with E-state index in [4.69, 9.17) is 4.74 Å². The number of nitrogens with one attached hydrogen (secondary N) is 2. The maximum Gasteiger partial charge on any atom is 0.407 e. The second-order valence-electron chi connectivity index (χ2n) is 7.99. The summed E-state index contributed by atoms with van der Waals surface area (Å²) < 4.78 is 5.22. The Hall–Kier alpha value is -4.04. The molecule has 8 nitrogen and oxygen atoms in total. The molecule has 2 amide bonds. The van der Waals surface area contributed by atoms with Crippen molar-refractivity contribution in [3.63, 3.8) is 0 Å². The summed E-state index contributed by atoms with van der Waals surface area (Å²) in [6.07, 6.45) is 3.45. The Bertz CT molecular complexity index is 1080. The van der Waals surface area contributed by atoms with Crippen LogP contribution in [0.2, 0.25) is 0 Å². The Kier molecular flexibility index (Phi) is 9.95. The number of pyridine rings is 1. The molecule has 0 saturated carbocycles. The molecule has 0 aliphatic heterocycles. The zero-order valence-electron chi connectivity index (χ0n) is 19.3. The molecule has 3 aromatic rings. The van der Waals surface area contributed by atoms with Gasteiger partial charge in [0.05, 0.1) is 12.0 Å². The number of carbonyl (C=O) groups excluding carboxylic acids is 3. The second kappa shape index (κ2) is 13.6. The molecule has 2 atom stereocenters. The van der Waals surface area contributed by atoms with E-state index in [1.54, 1.807) is 48.8 Å². The Balaban J connectivity index is 1.63. The molecule has 0 aliphatic carbocycles. The van der Waals surface area contributed by atoms with Crippen molar-refractivity contribution >= 4 is 17.8 Å². The van der Waals surface area contributed by atoms with Gasteiger partial charge in [-0.25, -0.2) is 4.79 Å². The largest absolute Gasteiger partial charge is 0.445 e. The number of aliphatic hydroxyl groups excluding tert-OH is 1. The van der Waals surface area contributed by atoms with Gasteiger partial charge in [0, 0.05) is 18.9 Å². The number of nitrogens with zero attached hydrogens (tertiary/aromatic N) is 1. The van der Waals surface area contributed by atoms with Crippen LogP contribution >= 0.6 is 0 Å². The lowest BCUT2D eigenvalue weighted by molar-refractivity contribution is -0.130. The molecule has 0 radical (unpaired) electrons. The third kappa shape index (κ3) is 8.35. The van der Waals surface area contributed by atoms with E-state index in [-0.39, 0.29) is 13.2 Å². The highest BCUT2D eigenvalue weighted by atomic mass is 16.5. The number of amides is 2. The molecule has 3 N–H and O–H groups in total. The van der Waals surface area contributed by atoms with Gasteiger partial charge in [0.25, 0.3) is 0 Å². The highest BCUT2D eigenvalue weighted by molar-refractivity contribution is 5.92. The van der Waals surface area contributed by atoms with Gasteiger partial charge in [-0.15, -0.1) is 0 Å². The Morgan fingerprint density at radius 1 is 0.886 bits per heavy atom. The van der Waals surface area contributed by atoms with Crippen LogP contribution in [0.5, 0.6) is 0 Å². The average Bonchev–Trinajstić information content (AvgIpc) is 2.91. The maximum atomic E-state index is 13.2. The second-order valence-corrected chi connectivity index (χ2v) is 7.99. The lowest BCUT2D eigenvalue weighted by atomic mass is 9.96. The number of alkyl carbamates (subject to hydrolysis) is 1. The van der Waals surface area contributed by atoms with Gasteiger partial charge in [-0.3, -0.25) is 14.6 Å². The van der Waals surface area contributed by atoms with Crippen molar-refractivity contribution in [1.29, 1.82) is 0 Å². The summed E-state index contributed by atoms with van der Waals surface area (Å²) in [5.74, 6) is -1.65. The number of carbonyl (C=O) groups is 3. The van der Waals surface area contributed by atoms with Crippen LogP contribution in [0.3, 0.4) is 0 Å². The quantitative estimate of drug-likeness (QED) is 0.371. The number of hydrogen-bond acceptors (Lipinski definition) is 6. The Labute approximate surface area is 204 Å². The van der Waals surface area contributed by atoms with E-state index in [0.717, 1.165) is 11.1 Å². The van der Waals surface area contributed by atoms with Gasteiger partial charge in [0.15, 0.2) is 5.78 Å². The van der Waals surface area contributed by atoms with Gasteiger partial charge >= 0.3 is 6.09 Å². The number of ketones is 1. The first-order chi connectivity index (χ1) is 17.1. The number of aromatic nitrogens is 1. The van der Waals surface area contributed by atoms with E-state index in [0.29, 0.717) is 18.4 Å². The fourth-order valence-electron chi connectivity index (χ4n) is 3.56. The van der Waals surface area contributed by atoms with Crippen LogP contribution in [0, 0.1) is 0 Å². The van der Waals surface area contributed by atoms with E-state index in [9.17, 15) is 19.5 Å². The summed E-state index contributed by atoms with van der Waals surface area (Å²) in [4.78, 5) is 41.7. The SMILES string of the molecule is O=C(NCC(C(=O)NC(CCc1ccccc1)C(=O)CO)c1ccccc1)OCc1ccncc1. The van der Waals surface area contributed by atoms with Crippen molar-refractivity contribution in [3.05, 3.63) is 102 Å². The van der Waals surface area contributed by atoms with Crippen molar-refractivity contribution in [2.24, 2.45) is 0 Å². The Morgan fingerprint density at radius 3 is 2.20 bits per heavy atom. The molecule has 8 heteroatoms. The number of rotatable bonds is 12. The highest BCUT2D eigenvalue weighted by Crippen LogP contribution is 2.16. The summed E-state index contributed by atoms with van der Waals surface area (Å²) >= 11 is 0. The first kappa shape index (κ1) is 25.6. The van der Waals surface area contributed by atoms with Gasteiger partial charge in [0.2, 0.25) is 5.91 Å². The number of ether oxygens (including phenoxy) is 1. The van der Waals surface area contributed by atoms with E-state index < -0.39 is 36.4 Å². The summed E-state index contributed by atoms with van der Waals surface area (Å²) in [6, 6.07) is 21.2. The van der Waals surface area contributed by atoms with Crippen LogP contribution in [0.15, 0.2) is 85.2 Å². The predicted molar refractivity (Wildman–Crippen MR) is 130 cm³/mol. The van der Waals surface area contributed by atoms with Crippen LogP contribution in [-0.4, -0.2) is 47.1 Å². The van der Waals surface area contributed by atoms with Gasteiger partial charge < -0.3 is 20.5 Å². The van der Waals surface area contributed by atoms with Crippen LogP contribution in [0.1, 0.15) is 29.0 Å². The minimum Gasteiger partial charge on any atom is -0.445 e. The minimum atomic E-state index is -0.849. The molecule has 2 unspecified atom stereocenters.